The van der Waals surface area contributed by atoms with Crippen LogP contribution in [-0.4, -0.2) is 24.3 Å². The number of carbonyl (C=O) groups is 2. The molecule has 0 spiro atoms. The molecule has 5 heteroatoms. The molecule has 1 amide bonds. The van der Waals surface area contributed by atoms with Crippen LogP contribution in [0.3, 0.4) is 0 Å². The molecule has 0 saturated carbocycles. The molecule has 1 rings (SSSR count). The lowest BCUT2D eigenvalue weighted by atomic mass is 10.2. The molecule has 0 aromatic heterocycles. The van der Waals surface area contributed by atoms with E-state index in [1.165, 1.54) is 0 Å². The van der Waals surface area contributed by atoms with Gasteiger partial charge in [-0.25, -0.2) is 9.59 Å². The highest BCUT2D eigenvalue weighted by Crippen LogP contribution is 2.25. The Morgan fingerprint density at radius 2 is 1.94 bits per heavy atom. The molecule has 0 aromatic rings. The second-order valence-corrected chi connectivity index (χ2v) is 5.16. The molecule has 0 aliphatic heterocycles. The first kappa shape index (κ1) is 14.5. The monoisotopic (exact) mass is 255 g/mol. The van der Waals surface area contributed by atoms with Gasteiger partial charge in [0.1, 0.15) is 5.60 Å². The van der Waals surface area contributed by atoms with Crippen molar-refractivity contribution in [3.8, 4) is 0 Å². The Morgan fingerprint density at radius 3 is 2.50 bits per heavy atom. The normalized spacial score (nSPS) is 15.6. The van der Waals surface area contributed by atoms with Gasteiger partial charge < -0.3 is 9.47 Å². The number of esters is 1. The summed E-state index contributed by atoms with van der Waals surface area (Å²) in [4.78, 5) is 23.3. The van der Waals surface area contributed by atoms with Crippen molar-refractivity contribution in [2.45, 2.75) is 52.6 Å². The molecule has 18 heavy (non-hydrogen) atoms. The van der Waals surface area contributed by atoms with Gasteiger partial charge in [0.05, 0.1) is 12.2 Å². The summed E-state index contributed by atoms with van der Waals surface area (Å²) in [7, 11) is 0. The maximum absolute atomic E-state index is 11.7. The van der Waals surface area contributed by atoms with Crippen molar-refractivity contribution in [3.63, 3.8) is 0 Å². The van der Waals surface area contributed by atoms with Gasteiger partial charge in [0.25, 0.3) is 0 Å². The first-order chi connectivity index (χ1) is 8.33. The molecule has 0 aromatic carbocycles. The Hall–Kier alpha value is -1.52. The molecular formula is C13H21NO4. The fourth-order valence-electron chi connectivity index (χ4n) is 1.75. The van der Waals surface area contributed by atoms with Crippen LogP contribution in [0.5, 0.6) is 0 Å². The lowest BCUT2D eigenvalue weighted by molar-refractivity contribution is -0.138. The molecule has 5 nitrogen and oxygen atoms in total. The van der Waals surface area contributed by atoms with Crippen LogP contribution in [0.2, 0.25) is 0 Å². The highest BCUT2D eigenvalue weighted by molar-refractivity contribution is 5.90. The van der Waals surface area contributed by atoms with Gasteiger partial charge in [0.15, 0.2) is 0 Å². The maximum atomic E-state index is 11.7. The van der Waals surface area contributed by atoms with E-state index in [4.69, 9.17) is 9.47 Å². The predicted molar refractivity (Wildman–Crippen MR) is 66.9 cm³/mol. The lowest BCUT2D eigenvalue weighted by Crippen LogP contribution is -2.32. The van der Waals surface area contributed by atoms with Crippen LogP contribution in [0, 0.1) is 0 Å². The second-order valence-electron chi connectivity index (χ2n) is 5.16. The van der Waals surface area contributed by atoms with Gasteiger partial charge in [-0.1, -0.05) is 0 Å². The first-order valence-corrected chi connectivity index (χ1v) is 6.22. The smallest absolute Gasteiger partial charge is 0.411 e. The Morgan fingerprint density at radius 1 is 1.28 bits per heavy atom. The minimum absolute atomic E-state index is 0.335. The highest BCUT2D eigenvalue weighted by atomic mass is 16.6. The van der Waals surface area contributed by atoms with Crippen LogP contribution in [0.1, 0.15) is 47.0 Å². The van der Waals surface area contributed by atoms with E-state index >= 15 is 0 Å². The van der Waals surface area contributed by atoms with Crippen LogP contribution in [0.15, 0.2) is 11.3 Å². The Balaban J connectivity index is 2.66. The third-order valence-electron chi connectivity index (χ3n) is 2.39. The molecule has 0 fully saturated rings. The number of hydrogen-bond acceptors (Lipinski definition) is 4. The summed E-state index contributed by atoms with van der Waals surface area (Å²) in [5.74, 6) is -0.346. The number of allylic oxidation sites excluding steroid dienone is 1. The molecule has 102 valence electrons. The first-order valence-electron chi connectivity index (χ1n) is 6.22. The SMILES string of the molecule is CCOC(=O)C1=C(NC(=O)OC(C)(C)C)CCC1. The van der Waals surface area contributed by atoms with Crippen molar-refractivity contribution >= 4 is 12.1 Å². The number of alkyl carbamates (subject to hydrolysis) is 1. The maximum Gasteiger partial charge on any atom is 0.411 e. The zero-order valence-electron chi connectivity index (χ0n) is 11.5. The van der Waals surface area contributed by atoms with E-state index in [1.807, 2.05) is 0 Å². The summed E-state index contributed by atoms with van der Waals surface area (Å²) in [6.07, 6.45) is 1.64. The molecule has 0 atom stereocenters. The van der Waals surface area contributed by atoms with Crippen LogP contribution >= 0.6 is 0 Å². The zero-order valence-corrected chi connectivity index (χ0v) is 11.5. The number of hydrogen-bond donors (Lipinski definition) is 1. The fraction of sp³-hybridized carbons (Fsp3) is 0.692. The van der Waals surface area contributed by atoms with E-state index in [-0.39, 0.29) is 5.97 Å². The van der Waals surface area contributed by atoms with Crippen molar-refractivity contribution in [1.29, 1.82) is 0 Å². The third kappa shape index (κ3) is 4.39. The van der Waals surface area contributed by atoms with E-state index in [0.717, 1.165) is 6.42 Å². The Bertz CT molecular complexity index is 366. The Kier molecular flexibility index (Phi) is 4.76. The van der Waals surface area contributed by atoms with E-state index in [9.17, 15) is 9.59 Å². The molecule has 0 unspecified atom stereocenters. The second kappa shape index (κ2) is 5.89. The van der Waals surface area contributed by atoms with Gasteiger partial charge in [-0.05, 0) is 47.0 Å². The van der Waals surface area contributed by atoms with Crippen LogP contribution in [0.4, 0.5) is 4.79 Å². The molecule has 1 aliphatic carbocycles. The van der Waals surface area contributed by atoms with Gasteiger partial charge in [0.2, 0.25) is 0 Å². The molecular weight excluding hydrogens is 234 g/mol. The summed E-state index contributed by atoms with van der Waals surface area (Å²) < 4.78 is 10.1. The summed E-state index contributed by atoms with van der Waals surface area (Å²) in [5.41, 5.74) is 0.637. The van der Waals surface area contributed by atoms with Gasteiger partial charge in [0, 0.05) is 5.70 Å². The van der Waals surface area contributed by atoms with E-state index in [2.05, 4.69) is 5.32 Å². The molecule has 1 aliphatic rings. The van der Waals surface area contributed by atoms with Gasteiger partial charge in [-0.2, -0.15) is 0 Å². The number of amides is 1. The average molecular weight is 255 g/mol. The minimum Gasteiger partial charge on any atom is -0.463 e. The summed E-state index contributed by atoms with van der Waals surface area (Å²) in [6, 6.07) is 0. The van der Waals surface area contributed by atoms with Gasteiger partial charge in [-0.15, -0.1) is 0 Å². The van der Waals surface area contributed by atoms with E-state index in [0.29, 0.717) is 30.7 Å². The number of nitrogens with one attached hydrogen (secondary N) is 1. The van der Waals surface area contributed by atoms with Gasteiger partial charge >= 0.3 is 12.1 Å². The largest absolute Gasteiger partial charge is 0.463 e. The van der Waals surface area contributed by atoms with Crippen LogP contribution in [-0.2, 0) is 14.3 Å². The zero-order chi connectivity index (χ0) is 13.8. The minimum atomic E-state index is -0.548. The predicted octanol–water partition coefficient (Wildman–Crippen LogP) is 2.51. The van der Waals surface area contributed by atoms with Crippen molar-refractivity contribution in [2.24, 2.45) is 0 Å². The highest BCUT2D eigenvalue weighted by Gasteiger charge is 2.25. The lowest BCUT2D eigenvalue weighted by Gasteiger charge is -2.20. The van der Waals surface area contributed by atoms with Crippen LogP contribution in [0.25, 0.3) is 0 Å². The van der Waals surface area contributed by atoms with Crippen molar-refractivity contribution in [1.82, 2.24) is 5.32 Å². The quantitative estimate of drug-likeness (QED) is 0.787. The van der Waals surface area contributed by atoms with E-state index in [1.54, 1.807) is 27.7 Å². The molecule has 0 saturated heterocycles. The molecule has 0 heterocycles. The third-order valence-corrected chi connectivity index (χ3v) is 2.39. The van der Waals surface area contributed by atoms with Crippen LogP contribution < -0.4 is 5.32 Å². The Labute approximate surface area is 108 Å². The number of carbonyl (C=O) groups excluding carboxylic acids is 2. The summed E-state index contributed by atoms with van der Waals surface area (Å²) in [5, 5.41) is 2.64. The van der Waals surface area contributed by atoms with Crippen molar-refractivity contribution < 1.29 is 19.1 Å². The molecule has 0 radical (unpaired) electrons. The number of rotatable bonds is 3. The van der Waals surface area contributed by atoms with E-state index < -0.39 is 11.7 Å². The van der Waals surface area contributed by atoms with Crippen molar-refractivity contribution in [3.05, 3.63) is 11.3 Å². The average Bonchev–Trinajstić information content (AvgIpc) is 2.62. The van der Waals surface area contributed by atoms with Crippen molar-refractivity contribution in [2.75, 3.05) is 6.61 Å². The summed E-state index contributed by atoms with van der Waals surface area (Å²) in [6.45, 7) is 7.47. The topological polar surface area (TPSA) is 64.6 Å². The number of ether oxygens (including phenoxy) is 2. The standard InChI is InChI=1S/C13H21NO4/c1-5-17-11(15)9-7-6-8-10(9)14-12(16)18-13(2,3)4/h5-8H2,1-4H3,(H,14,16). The molecule has 1 N–H and O–H groups in total. The summed E-state index contributed by atoms with van der Waals surface area (Å²) >= 11 is 0. The molecule has 0 bridgehead atoms. The fourth-order valence-corrected chi connectivity index (χ4v) is 1.75. The van der Waals surface area contributed by atoms with Gasteiger partial charge in [-0.3, -0.25) is 5.32 Å².